The molecule has 0 saturated carbocycles. The maximum atomic E-state index is 13.3. The Kier molecular flexibility index (Phi) is 4.22. The largest absolute Gasteiger partial charge is 0.478 e. The first-order valence-electron chi connectivity index (χ1n) is 6.45. The average molecular weight is 299 g/mol. The van der Waals surface area contributed by atoms with Gasteiger partial charge in [-0.1, -0.05) is 0 Å². The van der Waals surface area contributed by atoms with E-state index in [1.165, 1.54) is 0 Å². The molecule has 2 N–H and O–H groups in total. The number of carbonyl (C=O) groups excluding carboxylic acids is 1. The maximum absolute atomic E-state index is 13.3. The van der Waals surface area contributed by atoms with Crippen molar-refractivity contribution in [2.75, 3.05) is 13.2 Å². The van der Waals surface area contributed by atoms with Crippen molar-refractivity contribution in [3.63, 3.8) is 0 Å². The summed E-state index contributed by atoms with van der Waals surface area (Å²) in [7, 11) is 0. The van der Waals surface area contributed by atoms with Gasteiger partial charge in [0.2, 0.25) is 0 Å². The third-order valence-corrected chi connectivity index (χ3v) is 3.39. The molecule has 1 aliphatic heterocycles. The van der Waals surface area contributed by atoms with Crippen molar-refractivity contribution in [3.05, 3.63) is 34.9 Å². The third-order valence-electron chi connectivity index (χ3n) is 3.39. The van der Waals surface area contributed by atoms with Gasteiger partial charge in [-0.2, -0.15) is 0 Å². The van der Waals surface area contributed by atoms with E-state index >= 15 is 0 Å². The first-order chi connectivity index (χ1) is 9.82. The lowest BCUT2D eigenvalue weighted by Crippen LogP contribution is -2.51. The van der Waals surface area contributed by atoms with Crippen molar-refractivity contribution in [1.29, 1.82) is 0 Å². The summed E-state index contributed by atoms with van der Waals surface area (Å²) < 4.78 is 31.7. The monoisotopic (exact) mass is 299 g/mol. The molecule has 0 aromatic heterocycles. The number of aromatic carboxylic acids is 1. The number of nitrogens with one attached hydrogen (secondary N) is 1. The Labute approximate surface area is 119 Å². The molecule has 1 aliphatic rings. The second-order valence-electron chi connectivity index (χ2n) is 5.29. The van der Waals surface area contributed by atoms with E-state index in [0.29, 0.717) is 25.2 Å². The van der Waals surface area contributed by atoms with E-state index in [1.54, 1.807) is 6.92 Å². The van der Waals surface area contributed by atoms with Crippen LogP contribution in [0.3, 0.4) is 0 Å². The minimum atomic E-state index is -1.50. The van der Waals surface area contributed by atoms with Gasteiger partial charge in [-0.15, -0.1) is 0 Å². The van der Waals surface area contributed by atoms with Gasteiger partial charge in [-0.25, -0.2) is 13.6 Å². The zero-order valence-electron chi connectivity index (χ0n) is 11.4. The first kappa shape index (κ1) is 15.4. The van der Waals surface area contributed by atoms with Crippen LogP contribution in [-0.2, 0) is 4.74 Å². The zero-order chi connectivity index (χ0) is 15.6. The number of halogens is 2. The Bertz CT molecular complexity index is 583. The molecule has 1 unspecified atom stereocenters. The smallest absolute Gasteiger partial charge is 0.336 e. The highest BCUT2D eigenvalue weighted by Crippen LogP contribution is 2.21. The number of hydrogen-bond donors (Lipinski definition) is 2. The van der Waals surface area contributed by atoms with Crippen LogP contribution in [0.1, 0.15) is 40.5 Å². The third kappa shape index (κ3) is 3.36. The van der Waals surface area contributed by atoms with Crippen LogP contribution in [0.2, 0.25) is 0 Å². The highest BCUT2D eigenvalue weighted by Gasteiger charge is 2.31. The van der Waals surface area contributed by atoms with Crippen LogP contribution in [0.25, 0.3) is 0 Å². The Balaban J connectivity index is 2.30. The molecule has 0 aliphatic carbocycles. The lowest BCUT2D eigenvalue weighted by Gasteiger charge is -2.34. The van der Waals surface area contributed by atoms with E-state index in [1.807, 2.05) is 0 Å². The van der Waals surface area contributed by atoms with E-state index in [4.69, 9.17) is 9.84 Å². The Morgan fingerprint density at radius 2 is 1.90 bits per heavy atom. The van der Waals surface area contributed by atoms with Gasteiger partial charge in [0.15, 0.2) is 11.6 Å². The van der Waals surface area contributed by atoms with Gasteiger partial charge >= 0.3 is 5.97 Å². The number of carboxylic acids is 1. The van der Waals surface area contributed by atoms with Crippen LogP contribution in [0, 0.1) is 11.6 Å². The number of amides is 1. The number of carbonyl (C=O) groups is 2. The maximum Gasteiger partial charge on any atom is 0.336 e. The van der Waals surface area contributed by atoms with Crippen molar-refractivity contribution in [3.8, 4) is 0 Å². The lowest BCUT2D eigenvalue weighted by molar-refractivity contribution is 0.0271. The van der Waals surface area contributed by atoms with E-state index < -0.39 is 40.2 Å². The van der Waals surface area contributed by atoms with Gasteiger partial charge < -0.3 is 15.2 Å². The fourth-order valence-electron chi connectivity index (χ4n) is 2.29. The van der Waals surface area contributed by atoms with Crippen LogP contribution >= 0.6 is 0 Å². The number of hydrogen-bond acceptors (Lipinski definition) is 3. The van der Waals surface area contributed by atoms with Gasteiger partial charge in [-0.05, 0) is 31.9 Å². The van der Waals surface area contributed by atoms with Crippen LogP contribution in [0.15, 0.2) is 12.1 Å². The Morgan fingerprint density at radius 1 is 1.29 bits per heavy atom. The van der Waals surface area contributed by atoms with Gasteiger partial charge in [-0.3, -0.25) is 4.79 Å². The molecule has 1 amide bonds. The summed E-state index contributed by atoms with van der Waals surface area (Å²) in [5, 5.41) is 11.6. The predicted molar refractivity (Wildman–Crippen MR) is 69.2 cm³/mol. The highest BCUT2D eigenvalue weighted by atomic mass is 19.2. The van der Waals surface area contributed by atoms with Crippen molar-refractivity contribution in [1.82, 2.24) is 5.32 Å². The SMILES string of the molecule is CC1(NC(=O)c2cc(F)c(F)cc2C(=O)O)CCCOC1. The minimum Gasteiger partial charge on any atom is -0.478 e. The van der Waals surface area contributed by atoms with E-state index in [2.05, 4.69) is 5.32 Å². The molecule has 1 atom stereocenters. The van der Waals surface area contributed by atoms with Crippen LogP contribution < -0.4 is 5.32 Å². The van der Waals surface area contributed by atoms with Crippen molar-refractivity contribution in [2.24, 2.45) is 0 Å². The molecule has 5 nitrogen and oxygen atoms in total. The van der Waals surface area contributed by atoms with E-state index in [9.17, 15) is 18.4 Å². The van der Waals surface area contributed by atoms with Crippen molar-refractivity contribution in [2.45, 2.75) is 25.3 Å². The molecule has 0 radical (unpaired) electrons. The molecular formula is C14H15F2NO4. The quantitative estimate of drug-likeness (QED) is 0.894. The van der Waals surface area contributed by atoms with Crippen LogP contribution in [-0.4, -0.2) is 35.7 Å². The summed E-state index contributed by atoms with van der Waals surface area (Å²) in [5.74, 6) is -4.84. The second kappa shape index (κ2) is 5.77. The molecule has 1 aromatic rings. The normalized spacial score (nSPS) is 21.9. The van der Waals surface area contributed by atoms with Gasteiger partial charge in [0.1, 0.15) is 0 Å². The first-order valence-corrected chi connectivity index (χ1v) is 6.45. The predicted octanol–water partition coefficient (Wildman–Crippen LogP) is 1.96. The molecule has 0 spiro atoms. The van der Waals surface area contributed by atoms with E-state index in [-0.39, 0.29) is 6.61 Å². The summed E-state index contributed by atoms with van der Waals surface area (Å²) in [4.78, 5) is 23.3. The fraction of sp³-hybridized carbons (Fsp3) is 0.429. The Morgan fingerprint density at radius 3 is 2.43 bits per heavy atom. The standard InChI is InChI=1S/C14H15F2NO4/c1-14(3-2-4-21-7-14)17-12(18)8-5-10(15)11(16)6-9(8)13(19)20/h5-6H,2-4,7H2,1H3,(H,17,18)(H,19,20). The van der Waals surface area contributed by atoms with Gasteiger partial charge in [0.25, 0.3) is 5.91 Å². The highest BCUT2D eigenvalue weighted by molar-refractivity contribution is 6.05. The summed E-state index contributed by atoms with van der Waals surface area (Å²) in [5.41, 5.74) is -1.64. The summed E-state index contributed by atoms with van der Waals surface area (Å²) >= 11 is 0. The number of ether oxygens (including phenoxy) is 1. The number of benzene rings is 1. The fourth-order valence-corrected chi connectivity index (χ4v) is 2.29. The molecule has 0 bridgehead atoms. The average Bonchev–Trinajstić information content (AvgIpc) is 2.41. The Hall–Kier alpha value is -2.02. The van der Waals surface area contributed by atoms with Gasteiger partial charge in [0.05, 0.1) is 23.3 Å². The topological polar surface area (TPSA) is 75.6 Å². The second-order valence-corrected chi connectivity index (χ2v) is 5.29. The molecule has 1 saturated heterocycles. The number of rotatable bonds is 3. The molecule has 114 valence electrons. The summed E-state index contributed by atoms with van der Waals surface area (Å²) in [6.45, 7) is 2.63. The summed E-state index contributed by atoms with van der Waals surface area (Å²) in [6.07, 6.45) is 1.41. The minimum absolute atomic E-state index is 0.283. The van der Waals surface area contributed by atoms with Gasteiger partial charge in [0, 0.05) is 6.61 Å². The molecule has 7 heteroatoms. The number of carboxylic acid groups (broad SMARTS) is 1. The molecule has 21 heavy (non-hydrogen) atoms. The molecule has 1 aromatic carbocycles. The van der Waals surface area contributed by atoms with Crippen LogP contribution in [0.5, 0.6) is 0 Å². The summed E-state index contributed by atoms with van der Waals surface area (Å²) in [6, 6.07) is 1.10. The molecule has 1 fully saturated rings. The zero-order valence-corrected chi connectivity index (χ0v) is 11.4. The van der Waals surface area contributed by atoms with Crippen LogP contribution in [0.4, 0.5) is 8.78 Å². The molecular weight excluding hydrogens is 284 g/mol. The van der Waals surface area contributed by atoms with Crippen molar-refractivity contribution < 1.29 is 28.2 Å². The lowest BCUT2D eigenvalue weighted by atomic mass is 9.94. The molecule has 2 rings (SSSR count). The van der Waals surface area contributed by atoms with E-state index in [0.717, 1.165) is 6.42 Å². The van der Waals surface area contributed by atoms with Crippen molar-refractivity contribution >= 4 is 11.9 Å². The molecule has 1 heterocycles.